The largest absolute Gasteiger partial charge is 0.475 e. The van der Waals surface area contributed by atoms with Gasteiger partial charge in [0, 0.05) is 26.3 Å². The Kier molecular flexibility index (Phi) is 4.12. The van der Waals surface area contributed by atoms with Gasteiger partial charge >= 0.3 is 0 Å². The first-order valence-corrected chi connectivity index (χ1v) is 7.04. The normalized spacial score (nSPS) is 10.7. The van der Waals surface area contributed by atoms with Gasteiger partial charge in [-0.3, -0.25) is 4.79 Å². The molecule has 0 spiro atoms. The van der Waals surface area contributed by atoms with Gasteiger partial charge in [-0.25, -0.2) is 0 Å². The number of benzene rings is 2. The van der Waals surface area contributed by atoms with E-state index in [4.69, 9.17) is 4.42 Å². The van der Waals surface area contributed by atoms with Crippen LogP contribution < -0.4 is 5.43 Å². The van der Waals surface area contributed by atoms with Crippen LogP contribution in [0.2, 0.25) is 0 Å². The minimum absolute atomic E-state index is 0. The molecule has 0 unspecified atom stereocenters. The van der Waals surface area contributed by atoms with Crippen LogP contribution in [0.4, 0.5) is 0 Å². The van der Waals surface area contributed by atoms with Crippen LogP contribution in [-0.4, -0.2) is 4.98 Å². The molecule has 115 valence electrons. The Bertz CT molecular complexity index is 1060. The Morgan fingerprint density at radius 3 is 2.61 bits per heavy atom. The van der Waals surface area contributed by atoms with E-state index in [2.05, 4.69) is 11.1 Å². The van der Waals surface area contributed by atoms with Gasteiger partial charge < -0.3 is 9.40 Å². The SMILES string of the molecule is Cc1[c-]c(-c2ccccn2)c2c(=O)c3ccccc3oc2c1.[Ir]. The maximum Gasteiger partial charge on any atom is 0.159 e. The van der Waals surface area contributed by atoms with Crippen molar-refractivity contribution >= 4 is 21.9 Å². The van der Waals surface area contributed by atoms with E-state index >= 15 is 0 Å². The zero-order valence-corrected chi connectivity index (χ0v) is 14.7. The average Bonchev–Trinajstić information content (AvgIpc) is 2.55. The Balaban J connectivity index is 0.00000156. The first-order chi connectivity index (χ1) is 10.7. The van der Waals surface area contributed by atoms with E-state index in [1.54, 1.807) is 12.3 Å². The first-order valence-electron chi connectivity index (χ1n) is 7.04. The third-order valence-corrected chi connectivity index (χ3v) is 3.67. The fourth-order valence-corrected chi connectivity index (χ4v) is 2.69. The summed E-state index contributed by atoms with van der Waals surface area (Å²) in [5, 5.41) is 1.10. The van der Waals surface area contributed by atoms with E-state index in [0.717, 1.165) is 11.3 Å². The minimum atomic E-state index is -0.0475. The summed E-state index contributed by atoms with van der Waals surface area (Å²) in [4.78, 5) is 17.2. The Labute approximate surface area is 146 Å². The molecule has 0 fully saturated rings. The van der Waals surface area contributed by atoms with Crippen molar-refractivity contribution in [2.45, 2.75) is 6.92 Å². The van der Waals surface area contributed by atoms with Gasteiger partial charge in [-0.1, -0.05) is 37.3 Å². The van der Waals surface area contributed by atoms with Crippen LogP contribution in [0.3, 0.4) is 0 Å². The predicted octanol–water partition coefficient (Wildman–Crippen LogP) is 4.11. The molecule has 0 amide bonds. The molecule has 2 aromatic carbocycles. The maximum absolute atomic E-state index is 12.9. The van der Waals surface area contributed by atoms with E-state index in [9.17, 15) is 4.79 Å². The summed E-state index contributed by atoms with van der Waals surface area (Å²) in [7, 11) is 0. The van der Waals surface area contributed by atoms with Gasteiger partial charge in [0.1, 0.15) is 5.58 Å². The van der Waals surface area contributed by atoms with Gasteiger partial charge in [-0.05, 0) is 29.3 Å². The molecular formula is C19H12IrNO2-. The van der Waals surface area contributed by atoms with Crippen LogP contribution >= 0.6 is 0 Å². The summed E-state index contributed by atoms with van der Waals surface area (Å²) in [6.45, 7) is 1.93. The van der Waals surface area contributed by atoms with E-state index in [1.165, 1.54) is 0 Å². The number of nitrogens with zero attached hydrogens (tertiary/aromatic N) is 1. The molecule has 3 nitrogen and oxygen atoms in total. The molecule has 0 aliphatic carbocycles. The zero-order chi connectivity index (χ0) is 15.1. The summed E-state index contributed by atoms with van der Waals surface area (Å²) in [6.07, 6.45) is 1.71. The van der Waals surface area contributed by atoms with Crippen molar-refractivity contribution in [2.75, 3.05) is 0 Å². The summed E-state index contributed by atoms with van der Waals surface area (Å²) < 4.78 is 5.92. The second-order valence-corrected chi connectivity index (χ2v) is 5.21. The van der Waals surface area contributed by atoms with E-state index in [-0.39, 0.29) is 25.5 Å². The fourth-order valence-electron chi connectivity index (χ4n) is 2.69. The van der Waals surface area contributed by atoms with E-state index in [1.807, 2.05) is 49.4 Å². The van der Waals surface area contributed by atoms with Crippen LogP contribution in [0.1, 0.15) is 5.56 Å². The van der Waals surface area contributed by atoms with Gasteiger partial charge in [-0.15, -0.1) is 17.2 Å². The molecule has 4 aromatic rings. The quantitative estimate of drug-likeness (QED) is 0.306. The van der Waals surface area contributed by atoms with Crippen molar-refractivity contribution < 1.29 is 24.5 Å². The molecule has 0 bridgehead atoms. The van der Waals surface area contributed by atoms with Gasteiger partial charge in [-0.2, -0.15) is 0 Å². The second-order valence-electron chi connectivity index (χ2n) is 5.21. The zero-order valence-electron chi connectivity index (χ0n) is 12.3. The van der Waals surface area contributed by atoms with Crippen LogP contribution in [0.25, 0.3) is 33.2 Å². The molecule has 0 aliphatic heterocycles. The maximum atomic E-state index is 12.9. The number of aromatic nitrogens is 1. The second kappa shape index (κ2) is 6.07. The van der Waals surface area contributed by atoms with Crippen molar-refractivity contribution in [1.82, 2.24) is 4.98 Å². The van der Waals surface area contributed by atoms with Crippen LogP contribution in [0.5, 0.6) is 0 Å². The molecular weight excluding hydrogens is 466 g/mol. The van der Waals surface area contributed by atoms with Crippen molar-refractivity contribution in [1.29, 1.82) is 0 Å². The van der Waals surface area contributed by atoms with Gasteiger partial charge in [0.2, 0.25) is 0 Å². The number of fused-ring (bicyclic) bond motifs is 2. The molecule has 0 saturated carbocycles. The average molecular weight is 479 g/mol. The summed E-state index contributed by atoms with van der Waals surface area (Å²) >= 11 is 0. The number of pyridine rings is 1. The standard InChI is InChI=1S/C19H12NO2.Ir/c1-12-10-14(15-7-4-5-9-20-15)18-17(11-12)22-16-8-3-2-6-13(16)19(18)21;/h2-9,11H,1H3;/q-1;. The van der Waals surface area contributed by atoms with Crippen LogP contribution in [-0.2, 0) is 20.1 Å². The molecule has 0 atom stereocenters. The molecule has 0 saturated heterocycles. The van der Waals surface area contributed by atoms with Gasteiger partial charge in [0.15, 0.2) is 5.43 Å². The smallest absolute Gasteiger partial charge is 0.159 e. The number of hydrogen-bond donors (Lipinski definition) is 0. The Morgan fingerprint density at radius 1 is 1.04 bits per heavy atom. The topological polar surface area (TPSA) is 43.1 Å². The Hall–Kier alpha value is -2.29. The summed E-state index contributed by atoms with van der Waals surface area (Å²) in [5.41, 5.74) is 3.44. The fraction of sp³-hybridized carbons (Fsp3) is 0.0526. The number of hydrogen-bond acceptors (Lipinski definition) is 3. The van der Waals surface area contributed by atoms with Crippen LogP contribution in [0, 0.1) is 13.0 Å². The first kappa shape index (κ1) is 15.6. The molecule has 2 heterocycles. The van der Waals surface area contributed by atoms with E-state index in [0.29, 0.717) is 27.5 Å². The summed E-state index contributed by atoms with van der Waals surface area (Å²) in [5.74, 6) is 0. The molecule has 0 N–H and O–H groups in total. The van der Waals surface area contributed by atoms with Crippen molar-refractivity contribution in [3.8, 4) is 11.3 Å². The van der Waals surface area contributed by atoms with Crippen LogP contribution in [0.15, 0.2) is 63.9 Å². The third kappa shape index (κ3) is 2.61. The molecule has 23 heavy (non-hydrogen) atoms. The Morgan fingerprint density at radius 2 is 1.83 bits per heavy atom. The van der Waals surface area contributed by atoms with Crippen molar-refractivity contribution in [3.63, 3.8) is 0 Å². The van der Waals surface area contributed by atoms with Crippen molar-refractivity contribution in [2.24, 2.45) is 0 Å². The minimum Gasteiger partial charge on any atom is -0.475 e. The summed E-state index contributed by atoms with van der Waals surface area (Å²) in [6, 6.07) is 18.0. The van der Waals surface area contributed by atoms with Crippen molar-refractivity contribution in [3.05, 3.63) is 76.6 Å². The number of rotatable bonds is 1. The number of aryl methyl sites for hydroxylation is 1. The third-order valence-electron chi connectivity index (χ3n) is 3.67. The van der Waals surface area contributed by atoms with Gasteiger partial charge in [0.05, 0.1) is 11.0 Å². The molecule has 2 aromatic heterocycles. The molecule has 0 aliphatic rings. The van der Waals surface area contributed by atoms with Gasteiger partial charge in [0.25, 0.3) is 0 Å². The molecule has 4 heteroatoms. The van der Waals surface area contributed by atoms with E-state index < -0.39 is 0 Å². The predicted molar refractivity (Wildman–Crippen MR) is 86.8 cm³/mol. The molecule has 1 radical (unpaired) electrons. The number of para-hydroxylation sites is 1. The molecule has 4 rings (SSSR count). The monoisotopic (exact) mass is 479 g/mol.